The van der Waals surface area contributed by atoms with Gasteiger partial charge in [0.2, 0.25) is 5.91 Å². The molecule has 0 aliphatic heterocycles. The fraction of sp³-hybridized carbons (Fsp3) is 0.471. The molecule has 0 bridgehead atoms. The topological polar surface area (TPSA) is 65.2 Å². The van der Waals surface area contributed by atoms with Crippen molar-refractivity contribution in [2.24, 2.45) is 22.4 Å². The minimum Gasteiger partial charge on any atom is -0.273 e. The lowest BCUT2D eigenvalue weighted by Gasteiger charge is -2.15. The summed E-state index contributed by atoms with van der Waals surface area (Å²) in [6, 6.07) is 9.17. The summed E-state index contributed by atoms with van der Waals surface area (Å²) in [5.41, 5.74) is 4.37. The molecule has 2 saturated carbocycles. The summed E-state index contributed by atoms with van der Waals surface area (Å²) in [4.78, 5) is 12.2. The van der Waals surface area contributed by atoms with Gasteiger partial charge in [-0.25, -0.2) is 5.43 Å². The van der Waals surface area contributed by atoms with Crippen LogP contribution in [0.25, 0.3) is 0 Å². The van der Waals surface area contributed by atoms with E-state index in [-0.39, 0.29) is 17.2 Å². The van der Waals surface area contributed by atoms with Crippen LogP contribution < -0.4 is 5.43 Å². The molecule has 1 N–H and O–H groups in total. The van der Waals surface area contributed by atoms with Crippen molar-refractivity contribution in [1.82, 2.24) is 5.43 Å². The lowest BCUT2D eigenvalue weighted by molar-refractivity contribution is -0.123. The number of hydrogen-bond donors (Lipinski definition) is 1. The fourth-order valence-electron chi connectivity index (χ4n) is 3.73. The number of nitrogens with zero attached hydrogens (tertiary/aromatic N) is 2. The molecule has 0 radical (unpaired) electrons. The van der Waals surface area contributed by atoms with Crippen molar-refractivity contribution in [3.63, 3.8) is 0 Å². The zero-order valence-electron chi connectivity index (χ0n) is 12.2. The van der Waals surface area contributed by atoms with Gasteiger partial charge in [0.1, 0.15) is 0 Å². The predicted molar refractivity (Wildman–Crippen MR) is 80.4 cm³/mol. The summed E-state index contributed by atoms with van der Waals surface area (Å²) < 4.78 is 0. The Morgan fingerprint density at radius 3 is 2.81 bits per heavy atom. The van der Waals surface area contributed by atoms with Crippen LogP contribution >= 0.6 is 0 Å². The molecule has 1 aromatic rings. The van der Waals surface area contributed by atoms with E-state index in [2.05, 4.69) is 23.5 Å². The Bertz CT molecular complexity index is 614. The third kappa shape index (κ3) is 2.56. The monoisotopic (exact) mass is 281 g/mol. The van der Waals surface area contributed by atoms with E-state index >= 15 is 0 Å². The van der Waals surface area contributed by atoms with Gasteiger partial charge in [0.25, 0.3) is 0 Å². The highest BCUT2D eigenvalue weighted by Gasteiger charge is 2.64. The molecule has 3 rings (SSSR count). The van der Waals surface area contributed by atoms with Crippen LogP contribution in [0.5, 0.6) is 0 Å². The van der Waals surface area contributed by atoms with Crippen LogP contribution in [0.1, 0.15) is 43.7 Å². The smallest absolute Gasteiger partial charge is 0.244 e. The first-order valence-corrected chi connectivity index (χ1v) is 7.48. The van der Waals surface area contributed by atoms with Crippen molar-refractivity contribution in [3.8, 4) is 6.07 Å². The second-order valence-corrected chi connectivity index (χ2v) is 6.30. The number of fused-ring (bicyclic) bond motifs is 1. The zero-order valence-corrected chi connectivity index (χ0v) is 12.2. The molecule has 0 unspecified atom stereocenters. The second kappa shape index (κ2) is 5.33. The van der Waals surface area contributed by atoms with E-state index in [0.29, 0.717) is 11.5 Å². The maximum absolute atomic E-state index is 12.2. The molecule has 4 heteroatoms. The normalized spacial score (nSPS) is 30.5. The van der Waals surface area contributed by atoms with Gasteiger partial charge in [0.15, 0.2) is 0 Å². The molecule has 21 heavy (non-hydrogen) atoms. The average molecular weight is 281 g/mol. The maximum atomic E-state index is 12.2. The summed E-state index contributed by atoms with van der Waals surface area (Å²) >= 11 is 0. The van der Waals surface area contributed by atoms with E-state index in [9.17, 15) is 4.79 Å². The quantitative estimate of drug-likeness (QED) is 0.684. The van der Waals surface area contributed by atoms with Gasteiger partial charge in [-0.05, 0) is 41.9 Å². The van der Waals surface area contributed by atoms with Gasteiger partial charge < -0.3 is 0 Å². The molecule has 0 aromatic heterocycles. The Morgan fingerprint density at radius 2 is 2.19 bits per heavy atom. The van der Waals surface area contributed by atoms with Gasteiger partial charge in [-0.1, -0.05) is 31.9 Å². The van der Waals surface area contributed by atoms with Crippen LogP contribution in [0.4, 0.5) is 0 Å². The van der Waals surface area contributed by atoms with Gasteiger partial charge >= 0.3 is 0 Å². The van der Waals surface area contributed by atoms with Crippen LogP contribution in [0.3, 0.4) is 0 Å². The van der Waals surface area contributed by atoms with Gasteiger partial charge in [-0.2, -0.15) is 10.4 Å². The average Bonchev–Trinajstić information content (AvgIpc) is 3.13. The van der Waals surface area contributed by atoms with E-state index in [1.807, 2.05) is 12.1 Å². The molecule has 2 aliphatic rings. The van der Waals surface area contributed by atoms with E-state index in [0.717, 1.165) is 12.0 Å². The minimum atomic E-state index is 0.0503. The van der Waals surface area contributed by atoms with Crippen molar-refractivity contribution in [2.75, 3.05) is 0 Å². The Labute approximate surface area is 124 Å². The third-order valence-electron chi connectivity index (χ3n) is 5.04. The minimum absolute atomic E-state index is 0.0503. The molecule has 2 aliphatic carbocycles. The van der Waals surface area contributed by atoms with Crippen molar-refractivity contribution in [1.29, 1.82) is 5.26 Å². The first-order chi connectivity index (χ1) is 10.1. The van der Waals surface area contributed by atoms with E-state index < -0.39 is 0 Å². The van der Waals surface area contributed by atoms with Crippen molar-refractivity contribution in [3.05, 3.63) is 35.4 Å². The van der Waals surface area contributed by atoms with E-state index in [4.69, 9.17) is 5.26 Å². The van der Waals surface area contributed by atoms with Crippen molar-refractivity contribution >= 4 is 12.1 Å². The van der Waals surface area contributed by atoms with Gasteiger partial charge in [-0.3, -0.25) is 4.79 Å². The number of nitrogens with one attached hydrogen (secondary N) is 1. The molecule has 2 fully saturated rings. The number of benzene rings is 1. The molecule has 0 spiro atoms. The highest BCUT2D eigenvalue weighted by atomic mass is 16.2. The summed E-state index contributed by atoms with van der Waals surface area (Å²) in [7, 11) is 0. The standard InChI is InChI=1S/C17H19N3O/c1-17-9-3-2-4-14(17)15(17)16(21)20-19-11-13-7-5-12(10-18)6-8-13/h5-8,11,14-15H,2-4,9H2,1H3,(H,20,21)/b19-11+/t14-,15-,17-/m1/s1. The molecular weight excluding hydrogens is 262 g/mol. The number of hydrogen-bond acceptors (Lipinski definition) is 3. The summed E-state index contributed by atoms with van der Waals surface area (Å²) in [5.74, 6) is 0.740. The van der Waals surface area contributed by atoms with Crippen molar-refractivity contribution < 1.29 is 4.79 Å². The predicted octanol–water partition coefficient (Wildman–Crippen LogP) is 2.83. The number of nitriles is 1. The van der Waals surface area contributed by atoms with E-state index in [1.165, 1.54) is 19.3 Å². The fourth-order valence-corrected chi connectivity index (χ4v) is 3.73. The molecule has 0 heterocycles. The van der Waals surface area contributed by atoms with Crippen molar-refractivity contribution in [2.45, 2.75) is 32.6 Å². The Hall–Kier alpha value is -2.15. The first kappa shape index (κ1) is 13.8. The van der Waals surface area contributed by atoms with Crippen LogP contribution in [-0.4, -0.2) is 12.1 Å². The van der Waals surface area contributed by atoms with Crippen LogP contribution in [0.15, 0.2) is 29.4 Å². The molecule has 1 aromatic carbocycles. The Kier molecular flexibility index (Phi) is 3.50. The molecule has 3 atom stereocenters. The van der Waals surface area contributed by atoms with Crippen LogP contribution in [0, 0.1) is 28.6 Å². The van der Waals surface area contributed by atoms with Gasteiger partial charge in [0, 0.05) is 5.92 Å². The number of carbonyl (C=O) groups is 1. The van der Waals surface area contributed by atoms with Crippen LogP contribution in [-0.2, 0) is 4.79 Å². The lowest BCUT2D eigenvalue weighted by atomic mass is 9.90. The lowest BCUT2D eigenvalue weighted by Crippen LogP contribution is -2.22. The van der Waals surface area contributed by atoms with Gasteiger partial charge in [0.05, 0.1) is 17.8 Å². The van der Waals surface area contributed by atoms with Gasteiger partial charge in [-0.15, -0.1) is 0 Å². The largest absolute Gasteiger partial charge is 0.273 e. The molecule has 1 amide bonds. The molecular formula is C17H19N3O. The number of hydrazone groups is 1. The molecule has 4 nitrogen and oxygen atoms in total. The Morgan fingerprint density at radius 1 is 1.43 bits per heavy atom. The zero-order chi connectivity index (χ0) is 14.9. The summed E-state index contributed by atoms with van der Waals surface area (Å²) in [6.07, 6.45) is 6.44. The second-order valence-electron chi connectivity index (χ2n) is 6.30. The summed E-state index contributed by atoms with van der Waals surface area (Å²) in [6.45, 7) is 2.23. The number of carbonyl (C=O) groups excluding carboxylic acids is 1. The highest BCUT2D eigenvalue weighted by Crippen LogP contribution is 2.66. The number of rotatable bonds is 3. The number of amides is 1. The third-order valence-corrected chi connectivity index (χ3v) is 5.04. The van der Waals surface area contributed by atoms with Crippen LogP contribution in [0.2, 0.25) is 0 Å². The SMILES string of the molecule is C[C@@]12CCCC[C@@H]1[C@@H]2C(=O)N/N=C/c1ccc(C#N)cc1. The summed E-state index contributed by atoms with van der Waals surface area (Å²) in [5, 5.41) is 12.8. The molecule has 0 saturated heterocycles. The Balaban J connectivity index is 1.56. The molecule has 108 valence electrons. The highest BCUT2D eigenvalue weighted by molar-refractivity contribution is 5.85. The first-order valence-electron chi connectivity index (χ1n) is 7.48. The van der Waals surface area contributed by atoms with E-state index in [1.54, 1.807) is 18.3 Å². The maximum Gasteiger partial charge on any atom is 0.244 e.